The standard InChI is InChI=1S/2C24H17.C2H6Si.2ClH.Zr/c2*1-16-12-20-11-10-17-6-4-5-9-22(17)24(20)23(13-16)21-14-18-7-2-3-8-19(18)15-21;1-3-2;;;/h2*2-15H,1H3;1-2H3;2*1H;/q2*-1;;;;+2/p-2. The maximum atomic E-state index is 2.32. The van der Waals surface area contributed by atoms with Gasteiger partial charge in [-0.3, -0.25) is 0 Å². The number of aryl methyl sites for hydroxylation is 2. The Bertz CT molecular complexity index is 2670. The Labute approximate surface area is 345 Å². The van der Waals surface area contributed by atoms with E-state index in [1.807, 2.05) is 0 Å². The zero-order chi connectivity index (χ0) is 35.8. The van der Waals surface area contributed by atoms with Gasteiger partial charge in [0.1, 0.15) is 0 Å². The summed E-state index contributed by atoms with van der Waals surface area (Å²) in [5, 5.41) is 15.8. The SMILES string of the molecule is C[Si](C)=[Zr+2].Cc1cc(-c2cc3ccccc3[cH-]2)c2c(ccc3ccccc32)c1.Cc1cc(-c2cc3ccccc3[cH-]2)c2c(ccc3ccccc32)c1.[Cl-].[Cl-]. The zero-order valence-electron chi connectivity index (χ0n) is 30.9. The molecule has 0 aliphatic rings. The molecule has 10 rings (SSSR count). The van der Waals surface area contributed by atoms with Crippen molar-refractivity contribution in [2.75, 3.05) is 0 Å². The van der Waals surface area contributed by atoms with Crippen LogP contribution in [0.1, 0.15) is 11.1 Å². The minimum absolute atomic E-state index is 0. The second-order valence-corrected chi connectivity index (χ2v) is 23.5. The van der Waals surface area contributed by atoms with Crippen molar-refractivity contribution in [1.29, 1.82) is 0 Å². The fourth-order valence-corrected chi connectivity index (χ4v) is 7.66. The molecule has 0 aliphatic heterocycles. The first-order valence-electron chi connectivity index (χ1n) is 18.0. The van der Waals surface area contributed by atoms with Crippen molar-refractivity contribution in [2.45, 2.75) is 26.9 Å². The first-order valence-corrected chi connectivity index (χ1v) is 24.2. The number of fused-ring (bicyclic) bond motifs is 8. The molecule has 10 aromatic carbocycles. The molecule has 0 atom stereocenters. The van der Waals surface area contributed by atoms with Crippen LogP contribution in [0, 0.1) is 13.8 Å². The van der Waals surface area contributed by atoms with Crippen LogP contribution >= 0.6 is 0 Å². The molecule has 0 bridgehead atoms. The van der Waals surface area contributed by atoms with E-state index in [0.29, 0.717) is 0 Å². The maximum Gasteiger partial charge on any atom is -0.0174 e. The molecule has 0 spiro atoms. The normalized spacial score (nSPS) is 10.8. The summed E-state index contributed by atoms with van der Waals surface area (Å²) in [6.07, 6.45) is 0. The first kappa shape index (κ1) is 39.4. The van der Waals surface area contributed by atoms with Gasteiger partial charge in [0.25, 0.3) is 0 Å². The van der Waals surface area contributed by atoms with Gasteiger partial charge in [-0.15, -0.1) is 69.1 Å². The minimum atomic E-state index is 0. The molecule has 54 heavy (non-hydrogen) atoms. The third kappa shape index (κ3) is 8.05. The zero-order valence-corrected chi connectivity index (χ0v) is 35.9. The second-order valence-electron chi connectivity index (χ2n) is 14.1. The summed E-state index contributed by atoms with van der Waals surface area (Å²) < 4.78 is 0. The number of hydrogen-bond acceptors (Lipinski definition) is 0. The summed E-state index contributed by atoms with van der Waals surface area (Å²) in [6.45, 7) is 8.98. The van der Waals surface area contributed by atoms with Crippen LogP contribution < -0.4 is 24.8 Å². The molecular formula is C50H40Cl2SiZr-2. The summed E-state index contributed by atoms with van der Waals surface area (Å²) in [5.74, 6) is 0. The van der Waals surface area contributed by atoms with Crippen molar-refractivity contribution < 1.29 is 48.1 Å². The molecule has 0 radical (unpaired) electrons. The van der Waals surface area contributed by atoms with Crippen LogP contribution in [-0.2, 0) is 23.3 Å². The number of rotatable bonds is 2. The summed E-state index contributed by atoms with van der Waals surface area (Å²) in [4.78, 5) is 0. The van der Waals surface area contributed by atoms with Gasteiger partial charge in [-0.05, 0) is 56.9 Å². The fraction of sp³-hybridized carbons (Fsp3) is 0.0800. The van der Waals surface area contributed by atoms with E-state index in [4.69, 9.17) is 0 Å². The number of halogens is 2. The molecule has 0 amide bonds. The average molecular weight is 831 g/mol. The molecule has 0 N–H and O–H groups in total. The largest absolute Gasteiger partial charge is 1.00 e. The van der Waals surface area contributed by atoms with E-state index in [1.54, 1.807) is 23.3 Å². The number of benzene rings is 8. The molecule has 264 valence electrons. The van der Waals surface area contributed by atoms with Crippen LogP contribution in [0.5, 0.6) is 0 Å². The summed E-state index contributed by atoms with van der Waals surface area (Å²) in [6, 6.07) is 61.9. The third-order valence-electron chi connectivity index (χ3n) is 9.83. The van der Waals surface area contributed by atoms with E-state index in [0.717, 1.165) is 0 Å². The molecule has 4 heteroatoms. The summed E-state index contributed by atoms with van der Waals surface area (Å²) in [7, 11) is 0. The van der Waals surface area contributed by atoms with E-state index < -0.39 is 0 Å². The quantitative estimate of drug-likeness (QED) is 0.0933. The summed E-state index contributed by atoms with van der Waals surface area (Å²) >= 11 is 1.74. The van der Waals surface area contributed by atoms with Gasteiger partial charge in [0.2, 0.25) is 0 Å². The van der Waals surface area contributed by atoms with Gasteiger partial charge in [-0.2, -0.15) is 0 Å². The average Bonchev–Trinajstić information content (AvgIpc) is 3.79. The van der Waals surface area contributed by atoms with E-state index in [2.05, 4.69) is 197 Å². The van der Waals surface area contributed by atoms with Crippen LogP contribution in [0.4, 0.5) is 0 Å². The van der Waals surface area contributed by atoms with Gasteiger partial charge in [0.05, 0.1) is 0 Å². The van der Waals surface area contributed by atoms with Gasteiger partial charge in [0.15, 0.2) is 0 Å². The van der Waals surface area contributed by atoms with Crippen LogP contribution in [-0.4, -0.2) is 5.43 Å². The fourth-order valence-electron chi connectivity index (χ4n) is 7.66. The van der Waals surface area contributed by atoms with E-state index in [9.17, 15) is 0 Å². The Morgan fingerprint density at radius 3 is 1.13 bits per heavy atom. The van der Waals surface area contributed by atoms with E-state index in [1.165, 1.54) is 98.0 Å². The third-order valence-corrected chi connectivity index (χ3v) is 9.83. The Kier molecular flexibility index (Phi) is 12.4. The Morgan fingerprint density at radius 1 is 0.407 bits per heavy atom. The maximum absolute atomic E-state index is 2.32. The van der Waals surface area contributed by atoms with E-state index >= 15 is 0 Å². The predicted octanol–water partition coefficient (Wildman–Crippen LogP) is 8.47. The minimum Gasteiger partial charge on any atom is -1.00 e. The van der Waals surface area contributed by atoms with Crippen LogP contribution in [0.25, 0.3) is 86.9 Å². The van der Waals surface area contributed by atoms with Crippen molar-refractivity contribution in [3.8, 4) is 22.3 Å². The van der Waals surface area contributed by atoms with Crippen molar-refractivity contribution in [2.24, 2.45) is 0 Å². The monoisotopic (exact) mass is 828 g/mol. The van der Waals surface area contributed by atoms with Crippen LogP contribution in [0.2, 0.25) is 13.1 Å². The molecular weight excluding hydrogens is 791 g/mol. The molecule has 0 fully saturated rings. The predicted molar refractivity (Wildman–Crippen MR) is 227 cm³/mol. The molecule has 10 aromatic rings. The van der Waals surface area contributed by atoms with Gasteiger partial charge in [-0.25, -0.2) is 0 Å². The van der Waals surface area contributed by atoms with Crippen molar-refractivity contribution in [3.05, 3.63) is 181 Å². The molecule has 0 saturated carbocycles. The first-order chi connectivity index (χ1) is 25.3. The topological polar surface area (TPSA) is 0 Å². The van der Waals surface area contributed by atoms with Gasteiger partial charge < -0.3 is 24.8 Å². The van der Waals surface area contributed by atoms with Crippen molar-refractivity contribution in [1.82, 2.24) is 0 Å². The van der Waals surface area contributed by atoms with Crippen molar-refractivity contribution >= 4 is 70.1 Å². The molecule has 0 heterocycles. The van der Waals surface area contributed by atoms with Gasteiger partial charge in [-0.1, -0.05) is 156 Å². The Balaban J connectivity index is 0.000000162. The van der Waals surface area contributed by atoms with Gasteiger partial charge in [0, 0.05) is 0 Å². The van der Waals surface area contributed by atoms with Gasteiger partial charge >= 0.3 is 41.9 Å². The second kappa shape index (κ2) is 17.0. The Hall–Kier alpha value is -4.30. The summed E-state index contributed by atoms with van der Waals surface area (Å²) in [5.41, 5.74) is 8.09. The van der Waals surface area contributed by atoms with Crippen molar-refractivity contribution in [3.63, 3.8) is 0 Å². The van der Waals surface area contributed by atoms with E-state index in [-0.39, 0.29) is 30.2 Å². The molecule has 0 saturated heterocycles. The molecule has 0 nitrogen and oxygen atoms in total. The smallest absolute Gasteiger partial charge is 0.0174 e. The van der Waals surface area contributed by atoms with Crippen LogP contribution in [0.3, 0.4) is 0 Å². The molecule has 0 aliphatic carbocycles. The van der Waals surface area contributed by atoms with Crippen LogP contribution in [0.15, 0.2) is 170 Å². The number of hydrogen-bond donors (Lipinski definition) is 0. The molecule has 0 unspecified atom stereocenters. The Morgan fingerprint density at radius 2 is 0.741 bits per heavy atom. The molecule has 0 aromatic heterocycles.